The average molecular weight is 871 g/mol. The summed E-state index contributed by atoms with van der Waals surface area (Å²) in [5, 5.41) is 8.25. The van der Waals surface area contributed by atoms with Crippen LogP contribution in [0.15, 0.2) is 224 Å². The lowest BCUT2D eigenvalue weighted by Gasteiger charge is -2.19. The third-order valence-corrected chi connectivity index (χ3v) is 13.9. The normalized spacial score (nSPS) is 12.0. The number of benzene rings is 10. The second-order valence-electron chi connectivity index (χ2n) is 19.0. The van der Waals surface area contributed by atoms with Crippen LogP contribution in [0.3, 0.4) is 0 Å². The van der Waals surface area contributed by atoms with E-state index in [9.17, 15) is 0 Å². The molecule has 0 aliphatic heterocycles. The standard InChI is InChI=1S/C64H46N4/c1-64(2,3)46-36-31-42(32-37-46)41-27-29-44(30-28-41)61-54-40-35-43-15-7-8-18-49(43)62(54)66-63(65-61)45-33-38-48(39-34-45)68-56-24-12-10-20-53(56)60-51(22-14-26-58(60)68)50-21-13-25-57-59(50)52-19-9-11-23-55(52)67(57)47-16-5-4-6-17-47/h4-40H,1-3H3. The van der Waals surface area contributed by atoms with Crippen molar-refractivity contribution in [1.82, 2.24) is 19.1 Å². The van der Waals surface area contributed by atoms with Gasteiger partial charge in [0.2, 0.25) is 0 Å². The van der Waals surface area contributed by atoms with Gasteiger partial charge >= 0.3 is 0 Å². The summed E-state index contributed by atoms with van der Waals surface area (Å²) >= 11 is 0. The van der Waals surface area contributed by atoms with Crippen molar-refractivity contribution in [1.29, 1.82) is 0 Å². The van der Waals surface area contributed by atoms with Crippen molar-refractivity contribution in [3.8, 4) is 56.3 Å². The third kappa shape index (κ3) is 6.36. The molecule has 13 rings (SSSR count). The van der Waals surface area contributed by atoms with E-state index in [4.69, 9.17) is 9.97 Å². The molecule has 0 amide bonds. The number of hydrogen-bond donors (Lipinski definition) is 0. The van der Waals surface area contributed by atoms with E-state index in [-0.39, 0.29) is 5.41 Å². The Bertz CT molecular complexity index is 4080. The summed E-state index contributed by atoms with van der Waals surface area (Å²) in [6, 6.07) is 81.3. The molecule has 0 aliphatic rings. The van der Waals surface area contributed by atoms with Crippen LogP contribution in [0.4, 0.5) is 0 Å². The summed E-state index contributed by atoms with van der Waals surface area (Å²) in [4.78, 5) is 10.7. The summed E-state index contributed by atoms with van der Waals surface area (Å²) in [6.07, 6.45) is 0. The molecule has 0 saturated heterocycles. The van der Waals surface area contributed by atoms with Gasteiger partial charge in [0.25, 0.3) is 0 Å². The van der Waals surface area contributed by atoms with Crippen molar-refractivity contribution in [2.45, 2.75) is 26.2 Å². The van der Waals surface area contributed by atoms with Crippen molar-refractivity contribution in [3.63, 3.8) is 0 Å². The molecule has 4 heteroatoms. The van der Waals surface area contributed by atoms with Crippen molar-refractivity contribution in [2.75, 3.05) is 0 Å². The van der Waals surface area contributed by atoms with Gasteiger partial charge in [0.1, 0.15) is 0 Å². The Morgan fingerprint density at radius 3 is 1.43 bits per heavy atom. The SMILES string of the molecule is CC(C)(C)c1ccc(-c2ccc(-c3nc(-c4ccc(-n5c6ccccc6c6c(-c7cccc8c7c7ccccc7n8-c7ccccc7)cccc65)cc4)nc4c3ccc3ccccc34)cc2)cc1. The maximum atomic E-state index is 5.37. The van der Waals surface area contributed by atoms with Crippen molar-refractivity contribution >= 4 is 65.3 Å². The van der Waals surface area contributed by atoms with Gasteiger partial charge in [-0.15, -0.1) is 0 Å². The Kier molecular flexibility index (Phi) is 9.06. The fourth-order valence-electron chi connectivity index (χ4n) is 10.6. The fourth-order valence-corrected chi connectivity index (χ4v) is 10.6. The molecule has 0 fully saturated rings. The highest BCUT2D eigenvalue weighted by atomic mass is 15.0. The van der Waals surface area contributed by atoms with Gasteiger partial charge in [0.15, 0.2) is 5.82 Å². The Balaban J connectivity index is 0.938. The number of para-hydroxylation sites is 3. The first-order valence-corrected chi connectivity index (χ1v) is 23.5. The molecule has 0 atom stereocenters. The van der Waals surface area contributed by atoms with Crippen molar-refractivity contribution < 1.29 is 0 Å². The lowest BCUT2D eigenvalue weighted by Crippen LogP contribution is -2.10. The smallest absolute Gasteiger partial charge is 0.160 e. The molecule has 4 nitrogen and oxygen atoms in total. The zero-order valence-corrected chi connectivity index (χ0v) is 38.2. The molecular weight excluding hydrogens is 825 g/mol. The first kappa shape index (κ1) is 39.7. The van der Waals surface area contributed by atoms with Crippen LogP contribution in [0.2, 0.25) is 0 Å². The van der Waals surface area contributed by atoms with E-state index >= 15 is 0 Å². The lowest BCUT2D eigenvalue weighted by molar-refractivity contribution is 0.590. The van der Waals surface area contributed by atoms with Crippen LogP contribution < -0.4 is 0 Å². The van der Waals surface area contributed by atoms with Gasteiger partial charge in [0.05, 0.1) is 33.3 Å². The van der Waals surface area contributed by atoms with E-state index in [1.807, 2.05) is 0 Å². The molecule has 10 aromatic carbocycles. The Labute approximate surface area is 395 Å². The maximum absolute atomic E-state index is 5.37. The molecule has 0 unspecified atom stereocenters. The molecule has 68 heavy (non-hydrogen) atoms. The van der Waals surface area contributed by atoms with Gasteiger partial charge in [-0.25, -0.2) is 9.97 Å². The summed E-state index contributed by atoms with van der Waals surface area (Å²) in [5.74, 6) is 0.699. The topological polar surface area (TPSA) is 35.6 Å². The second-order valence-corrected chi connectivity index (χ2v) is 19.0. The maximum Gasteiger partial charge on any atom is 0.160 e. The Hall–Kier alpha value is -8.60. The fraction of sp³-hybridized carbons (Fsp3) is 0.0625. The summed E-state index contributed by atoms with van der Waals surface area (Å²) in [7, 11) is 0. The molecule has 0 bridgehead atoms. The summed E-state index contributed by atoms with van der Waals surface area (Å²) in [5.41, 5.74) is 17.1. The molecule has 3 aromatic heterocycles. The van der Waals surface area contributed by atoms with Crippen LogP contribution in [-0.4, -0.2) is 19.1 Å². The van der Waals surface area contributed by atoms with Gasteiger partial charge in [-0.2, -0.15) is 0 Å². The van der Waals surface area contributed by atoms with Crippen LogP contribution in [0.25, 0.3) is 122 Å². The van der Waals surface area contributed by atoms with E-state index in [1.54, 1.807) is 0 Å². The van der Waals surface area contributed by atoms with E-state index in [0.717, 1.165) is 60.9 Å². The molecular formula is C64H46N4. The molecule has 13 aromatic rings. The van der Waals surface area contributed by atoms with Gasteiger partial charge in [-0.05, 0) is 105 Å². The predicted octanol–water partition coefficient (Wildman–Crippen LogP) is 16.9. The predicted molar refractivity (Wildman–Crippen MR) is 286 cm³/mol. The lowest BCUT2D eigenvalue weighted by atomic mass is 9.86. The zero-order valence-electron chi connectivity index (χ0n) is 38.2. The minimum atomic E-state index is 0.109. The number of rotatable bonds is 6. The van der Waals surface area contributed by atoms with Crippen LogP contribution in [0, 0.1) is 0 Å². The Morgan fingerprint density at radius 1 is 0.338 bits per heavy atom. The van der Waals surface area contributed by atoms with Crippen LogP contribution in [0.1, 0.15) is 26.3 Å². The molecule has 0 spiro atoms. The van der Waals surface area contributed by atoms with Crippen molar-refractivity contribution in [3.05, 3.63) is 230 Å². The highest BCUT2D eigenvalue weighted by Gasteiger charge is 2.22. The van der Waals surface area contributed by atoms with E-state index < -0.39 is 0 Å². The zero-order chi connectivity index (χ0) is 45.5. The van der Waals surface area contributed by atoms with Gasteiger partial charge in [-0.1, -0.05) is 178 Å². The van der Waals surface area contributed by atoms with Crippen LogP contribution in [-0.2, 0) is 5.41 Å². The first-order chi connectivity index (χ1) is 33.4. The molecule has 322 valence electrons. The van der Waals surface area contributed by atoms with Gasteiger partial charge in [0, 0.05) is 54.8 Å². The average Bonchev–Trinajstić information content (AvgIpc) is 3.92. The first-order valence-electron chi connectivity index (χ1n) is 23.5. The quantitative estimate of drug-likeness (QED) is 0.156. The third-order valence-electron chi connectivity index (χ3n) is 13.9. The number of nitrogens with zero attached hydrogens (tertiary/aromatic N) is 4. The van der Waals surface area contributed by atoms with Crippen LogP contribution >= 0.6 is 0 Å². The molecule has 0 aliphatic carbocycles. The summed E-state index contributed by atoms with van der Waals surface area (Å²) < 4.78 is 4.80. The highest BCUT2D eigenvalue weighted by molar-refractivity contribution is 6.22. The van der Waals surface area contributed by atoms with Gasteiger partial charge in [-0.3, -0.25) is 0 Å². The number of hydrogen-bond acceptors (Lipinski definition) is 2. The minimum Gasteiger partial charge on any atom is -0.309 e. The second kappa shape index (κ2) is 15.5. The van der Waals surface area contributed by atoms with Crippen molar-refractivity contribution in [2.24, 2.45) is 0 Å². The van der Waals surface area contributed by atoms with E-state index in [0.29, 0.717) is 5.82 Å². The molecule has 0 saturated carbocycles. The van der Waals surface area contributed by atoms with Crippen LogP contribution in [0.5, 0.6) is 0 Å². The number of fused-ring (bicyclic) bond motifs is 9. The largest absolute Gasteiger partial charge is 0.309 e. The van der Waals surface area contributed by atoms with Gasteiger partial charge < -0.3 is 9.13 Å². The molecule has 0 N–H and O–H groups in total. The number of aromatic nitrogens is 4. The highest BCUT2D eigenvalue weighted by Crippen LogP contribution is 2.44. The minimum absolute atomic E-state index is 0.109. The van der Waals surface area contributed by atoms with E-state index in [2.05, 4.69) is 254 Å². The molecule has 3 heterocycles. The van der Waals surface area contributed by atoms with E-state index in [1.165, 1.54) is 60.4 Å². The monoisotopic (exact) mass is 870 g/mol. The Morgan fingerprint density at radius 2 is 0.824 bits per heavy atom. The summed E-state index contributed by atoms with van der Waals surface area (Å²) in [6.45, 7) is 6.76. The molecule has 0 radical (unpaired) electrons.